The summed E-state index contributed by atoms with van der Waals surface area (Å²) in [5, 5.41) is 8.90. The minimum Gasteiger partial charge on any atom is -0.480 e. The van der Waals surface area contributed by atoms with Gasteiger partial charge in [-0.2, -0.15) is 0 Å². The highest BCUT2D eigenvalue weighted by atomic mass is 32.2. The molecule has 1 aromatic rings. The minimum absolute atomic E-state index is 0.142. The van der Waals surface area contributed by atoms with E-state index in [2.05, 4.69) is 17.2 Å². The van der Waals surface area contributed by atoms with E-state index in [1.807, 2.05) is 0 Å². The van der Waals surface area contributed by atoms with Crippen LogP contribution in [0.15, 0.2) is 11.0 Å². The predicted molar refractivity (Wildman–Crippen MR) is 98.7 cm³/mol. The van der Waals surface area contributed by atoms with Crippen molar-refractivity contribution in [2.24, 2.45) is 5.92 Å². The quantitative estimate of drug-likeness (QED) is 0.558. The number of carbonyl (C=O) groups is 3. The van der Waals surface area contributed by atoms with E-state index in [1.54, 1.807) is 13.8 Å². The summed E-state index contributed by atoms with van der Waals surface area (Å²) in [4.78, 5) is 51.8. The molecule has 10 heteroatoms. The van der Waals surface area contributed by atoms with Crippen LogP contribution in [0, 0.1) is 5.92 Å². The molecule has 3 unspecified atom stereocenters. The Labute approximate surface area is 158 Å². The van der Waals surface area contributed by atoms with Gasteiger partial charge in [-0.15, -0.1) is 0 Å². The number of hydrogen-bond acceptors (Lipinski definition) is 8. The molecule has 0 fully saturated rings. The SMILES string of the molecule is CCOC(=O)c1cnc2n(c1=O)C(C)CC(C(SC(=O)C=S)C(=O)O)C2. The van der Waals surface area contributed by atoms with Crippen LogP contribution in [0.4, 0.5) is 0 Å². The number of rotatable bonds is 6. The van der Waals surface area contributed by atoms with E-state index in [1.165, 1.54) is 4.57 Å². The number of ether oxygens (including phenoxy) is 1. The molecular formula is C16H18N2O6S2. The molecule has 0 bridgehead atoms. The van der Waals surface area contributed by atoms with Crippen LogP contribution in [-0.4, -0.2) is 48.9 Å². The van der Waals surface area contributed by atoms with E-state index >= 15 is 0 Å². The number of aliphatic carboxylic acids is 1. The molecule has 0 aliphatic carbocycles. The van der Waals surface area contributed by atoms with Gasteiger partial charge in [-0.3, -0.25) is 19.0 Å². The maximum atomic E-state index is 12.6. The van der Waals surface area contributed by atoms with Gasteiger partial charge in [0.2, 0.25) is 5.12 Å². The largest absolute Gasteiger partial charge is 0.480 e. The molecule has 0 saturated carbocycles. The standard InChI is InChI=1S/C16H18N2O6S2/c1-3-24-16(23)10-6-17-11-5-9(4-8(2)18(11)14(10)20)13(15(21)22)26-12(19)7-25/h6-9,13H,3-5H2,1-2H3,(H,21,22). The van der Waals surface area contributed by atoms with Crippen molar-refractivity contribution in [2.75, 3.05) is 6.61 Å². The van der Waals surface area contributed by atoms with Gasteiger partial charge in [-0.25, -0.2) is 9.78 Å². The summed E-state index contributed by atoms with van der Waals surface area (Å²) in [5.41, 5.74) is -0.658. The zero-order valence-corrected chi connectivity index (χ0v) is 15.8. The maximum absolute atomic E-state index is 12.6. The molecule has 0 amide bonds. The number of thioether (sulfide) groups is 1. The van der Waals surface area contributed by atoms with Crippen LogP contribution in [0.5, 0.6) is 0 Å². The molecule has 8 nitrogen and oxygen atoms in total. The van der Waals surface area contributed by atoms with Crippen LogP contribution < -0.4 is 5.56 Å². The molecule has 0 spiro atoms. The maximum Gasteiger partial charge on any atom is 0.345 e. The summed E-state index contributed by atoms with van der Waals surface area (Å²) in [6.07, 6.45) is 1.72. The number of carboxylic acids is 1. The first-order valence-electron chi connectivity index (χ1n) is 7.96. The molecular weight excluding hydrogens is 380 g/mol. The van der Waals surface area contributed by atoms with Gasteiger partial charge in [0.15, 0.2) is 0 Å². The van der Waals surface area contributed by atoms with Crippen molar-refractivity contribution in [1.29, 1.82) is 0 Å². The van der Waals surface area contributed by atoms with Crippen LogP contribution in [0.25, 0.3) is 0 Å². The van der Waals surface area contributed by atoms with Gasteiger partial charge in [0, 0.05) is 18.7 Å². The first-order chi connectivity index (χ1) is 12.3. The van der Waals surface area contributed by atoms with Crippen LogP contribution in [0.2, 0.25) is 0 Å². The number of fused-ring (bicyclic) bond motifs is 1. The van der Waals surface area contributed by atoms with E-state index in [9.17, 15) is 24.3 Å². The fourth-order valence-corrected chi connectivity index (χ4v) is 4.02. The zero-order valence-electron chi connectivity index (χ0n) is 14.2. The van der Waals surface area contributed by atoms with Crippen molar-refractivity contribution in [3.05, 3.63) is 27.9 Å². The number of nitrogens with zero attached hydrogens (tertiary/aromatic N) is 2. The number of thiocarbonyl (C=S) groups is 1. The number of carboxylic acid groups (broad SMARTS) is 1. The Morgan fingerprint density at radius 3 is 2.81 bits per heavy atom. The molecule has 1 aliphatic heterocycles. The average molecular weight is 398 g/mol. The fraction of sp³-hybridized carbons (Fsp3) is 0.500. The third-order valence-corrected chi connectivity index (χ3v) is 5.66. The van der Waals surface area contributed by atoms with Crippen LogP contribution >= 0.6 is 24.0 Å². The lowest BCUT2D eigenvalue weighted by Crippen LogP contribution is -2.41. The second-order valence-corrected chi connectivity index (χ2v) is 7.23. The Balaban J connectivity index is 2.36. The Hall–Kier alpha value is -2.07. The van der Waals surface area contributed by atoms with Crippen LogP contribution in [0.1, 0.15) is 42.5 Å². The summed E-state index contributed by atoms with van der Waals surface area (Å²) in [6, 6.07) is -0.372. The molecule has 26 heavy (non-hydrogen) atoms. The van der Waals surface area contributed by atoms with Gasteiger partial charge >= 0.3 is 11.9 Å². The topological polar surface area (TPSA) is 116 Å². The number of esters is 1. The average Bonchev–Trinajstić information content (AvgIpc) is 2.58. The van der Waals surface area contributed by atoms with E-state index in [0.29, 0.717) is 24.0 Å². The van der Waals surface area contributed by atoms with E-state index < -0.39 is 33.8 Å². The number of hydrogen-bond donors (Lipinski definition) is 1. The van der Waals surface area contributed by atoms with Crippen LogP contribution in [0.3, 0.4) is 0 Å². The minimum atomic E-state index is -1.11. The molecule has 2 rings (SSSR count). The van der Waals surface area contributed by atoms with Gasteiger partial charge in [-0.1, -0.05) is 24.0 Å². The third-order valence-electron chi connectivity index (χ3n) is 4.11. The van der Waals surface area contributed by atoms with Crippen molar-refractivity contribution in [3.63, 3.8) is 0 Å². The first kappa shape index (κ1) is 20.2. The fourth-order valence-electron chi connectivity index (χ4n) is 3.05. The lowest BCUT2D eigenvalue weighted by Gasteiger charge is -2.33. The van der Waals surface area contributed by atoms with Gasteiger partial charge < -0.3 is 9.84 Å². The summed E-state index contributed by atoms with van der Waals surface area (Å²) in [6.45, 7) is 3.53. The van der Waals surface area contributed by atoms with Gasteiger partial charge in [-0.05, 0) is 26.2 Å². The van der Waals surface area contributed by atoms with E-state index in [-0.39, 0.29) is 24.6 Å². The summed E-state index contributed by atoms with van der Waals surface area (Å²) >= 11 is 5.22. The highest BCUT2D eigenvalue weighted by Crippen LogP contribution is 2.34. The van der Waals surface area contributed by atoms with Crippen molar-refractivity contribution >= 4 is 46.4 Å². The number of carbonyl (C=O) groups excluding carboxylic acids is 2. The predicted octanol–water partition coefficient (Wildman–Crippen LogP) is 1.26. The van der Waals surface area contributed by atoms with Crippen molar-refractivity contribution < 1.29 is 24.2 Å². The molecule has 3 atom stereocenters. The van der Waals surface area contributed by atoms with Crippen molar-refractivity contribution in [1.82, 2.24) is 9.55 Å². The Morgan fingerprint density at radius 2 is 2.23 bits per heavy atom. The third kappa shape index (κ3) is 4.18. The molecule has 2 heterocycles. The van der Waals surface area contributed by atoms with E-state index in [0.717, 1.165) is 11.6 Å². The second-order valence-electron chi connectivity index (χ2n) is 5.85. The Morgan fingerprint density at radius 1 is 1.54 bits per heavy atom. The highest BCUT2D eigenvalue weighted by Gasteiger charge is 2.37. The van der Waals surface area contributed by atoms with Crippen molar-refractivity contribution in [2.45, 2.75) is 38.0 Å². The Kier molecular flexibility index (Phi) is 6.65. The Bertz CT molecular complexity index is 806. The summed E-state index contributed by atoms with van der Waals surface area (Å²) < 4.78 is 6.25. The zero-order chi connectivity index (χ0) is 19.4. The molecule has 140 valence electrons. The first-order valence-corrected chi connectivity index (χ1v) is 9.31. The molecule has 1 aromatic heterocycles. The molecule has 0 radical (unpaired) electrons. The molecule has 0 aromatic carbocycles. The monoisotopic (exact) mass is 398 g/mol. The lowest BCUT2D eigenvalue weighted by atomic mass is 9.89. The molecule has 1 N–H and O–H groups in total. The second kappa shape index (κ2) is 8.54. The van der Waals surface area contributed by atoms with Gasteiger partial charge in [0.1, 0.15) is 16.6 Å². The van der Waals surface area contributed by atoms with E-state index in [4.69, 9.17) is 4.74 Å². The molecule has 1 aliphatic rings. The lowest BCUT2D eigenvalue weighted by molar-refractivity contribution is -0.137. The number of aromatic nitrogens is 2. The summed E-state index contributed by atoms with van der Waals surface area (Å²) in [7, 11) is 0. The molecule has 0 saturated heterocycles. The van der Waals surface area contributed by atoms with Crippen molar-refractivity contribution in [3.8, 4) is 0 Å². The normalized spacial score (nSPS) is 19.9. The van der Waals surface area contributed by atoms with Crippen LogP contribution in [-0.2, 0) is 20.7 Å². The van der Waals surface area contributed by atoms with Gasteiger partial charge in [0.05, 0.1) is 12.0 Å². The summed E-state index contributed by atoms with van der Waals surface area (Å²) in [5.74, 6) is -1.86. The van der Waals surface area contributed by atoms with Gasteiger partial charge in [0.25, 0.3) is 5.56 Å². The highest BCUT2D eigenvalue weighted by molar-refractivity contribution is 8.17. The smallest absolute Gasteiger partial charge is 0.345 e.